The highest BCUT2D eigenvalue weighted by molar-refractivity contribution is 5.94. The molecular formula is C20H38N6O4. The zero-order valence-electron chi connectivity index (χ0n) is 18.9. The second-order valence-corrected chi connectivity index (χ2v) is 8.79. The van der Waals surface area contributed by atoms with E-state index in [-0.39, 0.29) is 18.2 Å². The van der Waals surface area contributed by atoms with Gasteiger partial charge in [-0.1, -0.05) is 41.2 Å². The molecule has 10 heteroatoms. The van der Waals surface area contributed by atoms with Crippen LogP contribution in [0.25, 0.3) is 0 Å². The third kappa shape index (κ3) is 10.1. The van der Waals surface area contributed by atoms with E-state index >= 15 is 0 Å². The third-order valence-corrected chi connectivity index (χ3v) is 4.40. The number of hydrogen-bond acceptors (Lipinski definition) is 6. The zero-order chi connectivity index (χ0) is 23.6. The summed E-state index contributed by atoms with van der Waals surface area (Å²) < 4.78 is 0. The predicted octanol–water partition coefficient (Wildman–Crippen LogP) is -0.552. The van der Waals surface area contributed by atoms with Crippen LogP contribution < -0.4 is 32.7 Å². The van der Waals surface area contributed by atoms with Crippen molar-refractivity contribution in [1.29, 1.82) is 0 Å². The van der Waals surface area contributed by atoms with Crippen LogP contribution in [-0.2, 0) is 19.2 Å². The van der Waals surface area contributed by atoms with Crippen molar-refractivity contribution in [2.75, 3.05) is 6.54 Å². The van der Waals surface area contributed by atoms with Gasteiger partial charge in [-0.15, -0.1) is 0 Å². The molecule has 10 nitrogen and oxygen atoms in total. The summed E-state index contributed by atoms with van der Waals surface area (Å²) in [4.78, 5) is 48.9. The molecule has 8 N–H and O–H groups in total. The SMILES string of the molecule is C=C(N)NCCC[C@H](NC(=O)[C@@H](NC(C)=O)C(C)(C)C)C(=O)N[C@H](C(N)=O)C(C)C. The lowest BCUT2D eigenvalue weighted by Crippen LogP contribution is -2.59. The summed E-state index contributed by atoms with van der Waals surface area (Å²) in [5.41, 5.74) is 10.3. The molecule has 30 heavy (non-hydrogen) atoms. The van der Waals surface area contributed by atoms with Gasteiger partial charge in [0.05, 0.1) is 5.82 Å². The maximum atomic E-state index is 12.9. The predicted molar refractivity (Wildman–Crippen MR) is 116 cm³/mol. The van der Waals surface area contributed by atoms with Gasteiger partial charge in [0.2, 0.25) is 23.6 Å². The molecule has 0 aromatic heterocycles. The van der Waals surface area contributed by atoms with Crippen molar-refractivity contribution in [3.8, 4) is 0 Å². The van der Waals surface area contributed by atoms with Gasteiger partial charge < -0.3 is 32.7 Å². The van der Waals surface area contributed by atoms with Crippen LogP contribution in [0, 0.1) is 11.3 Å². The van der Waals surface area contributed by atoms with Crippen LogP contribution >= 0.6 is 0 Å². The first-order valence-electron chi connectivity index (χ1n) is 10.0. The van der Waals surface area contributed by atoms with E-state index in [1.807, 2.05) is 0 Å². The van der Waals surface area contributed by atoms with E-state index in [2.05, 4.69) is 27.8 Å². The van der Waals surface area contributed by atoms with Crippen LogP contribution in [0.4, 0.5) is 0 Å². The highest BCUT2D eigenvalue weighted by atomic mass is 16.2. The lowest BCUT2D eigenvalue weighted by Gasteiger charge is -2.32. The summed E-state index contributed by atoms with van der Waals surface area (Å²) in [5.74, 6) is -1.95. The summed E-state index contributed by atoms with van der Waals surface area (Å²) in [7, 11) is 0. The number of nitrogens with one attached hydrogen (secondary N) is 4. The van der Waals surface area contributed by atoms with E-state index in [9.17, 15) is 19.2 Å². The van der Waals surface area contributed by atoms with Gasteiger partial charge in [0, 0.05) is 13.5 Å². The fraction of sp³-hybridized carbons (Fsp3) is 0.700. The van der Waals surface area contributed by atoms with Crippen LogP contribution in [0.15, 0.2) is 12.4 Å². The average Bonchev–Trinajstić information content (AvgIpc) is 2.57. The highest BCUT2D eigenvalue weighted by Gasteiger charge is 2.35. The van der Waals surface area contributed by atoms with Gasteiger partial charge in [0.15, 0.2) is 0 Å². The normalized spacial score (nSPS) is 14.2. The van der Waals surface area contributed by atoms with Crippen molar-refractivity contribution in [3.63, 3.8) is 0 Å². The van der Waals surface area contributed by atoms with Crippen LogP contribution in [0.1, 0.15) is 54.4 Å². The Balaban J connectivity index is 5.46. The summed E-state index contributed by atoms with van der Waals surface area (Å²) in [6, 6.07) is -2.64. The summed E-state index contributed by atoms with van der Waals surface area (Å²) in [6.07, 6.45) is 0.774. The Bertz CT molecular complexity index is 642. The Morgan fingerprint density at radius 2 is 1.53 bits per heavy atom. The summed E-state index contributed by atoms with van der Waals surface area (Å²) in [5, 5.41) is 10.8. The Morgan fingerprint density at radius 3 is 1.93 bits per heavy atom. The first-order valence-corrected chi connectivity index (χ1v) is 10.0. The first-order chi connectivity index (χ1) is 13.7. The zero-order valence-corrected chi connectivity index (χ0v) is 18.9. The molecule has 172 valence electrons. The number of primary amides is 1. The maximum absolute atomic E-state index is 12.9. The quantitative estimate of drug-likeness (QED) is 0.229. The van der Waals surface area contributed by atoms with Crippen molar-refractivity contribution in [3.05, 3.63) is 12.4 Å². The lowest BCUT2D eigenvalue weighted by atomic mass is 9.85. The molecule has 4 amide bonds. The molecule has 0 aliphatic carbocycles. The van der Waals surface area contributed by atoms with Crippen molar-refractivity contribution in [2.24, 2.45) is 22.8 Å². The van der Waals surface area contributed by atoms with Gasteiger partial charge >= 0.3 is 0 Å². The molecule has 0 radical (unpaired) electrons. The Kier molecular flexibility index (Phi) is 10.9. The molecule has 0 heterocycles. The highest BCUT2D eigenvalue weighted by Crippen LogP contribution is 2.20. The van der Waals surface area contributed by atoms with Gasteiger partial charge in [-0.2, -0.15) is 0 Å². The number of hydrogen-bond donors (Lipinski definition) is 6. The van der Waals surface area contributed by atoms with Gasteiger partial charge in [0.25, 0.3) is 0 Å². The standard InChI is InChI=1S/C20H38N6O4/c1-11(2)15(17(22)28)26-18(29)14(9-8-10-23-12(3)21)25-19(30)16(20(5,6)7)24-13(4)27/h11,14-16,23H,3,8-10,21H2,1-2,4-7H3,(H2,22,28)(H,24,27)(H,25,30)(H,26,29)/t14-,15-,16+/m0/s1. The van der Waals surface area contributed by atoms with Crippen LogP contribution in [0.3, 0.4) is 0 Å². The van der Waals surface area contributed by atoms with Crippen LogP contribution in [0.2, 0.25) is 0 Å². The molecule has 0 unspecified atom stereocenters. The largest absolute Gasteiger partial charge is 0.386 e. The monoisotopic (exact) mass is 426 g/mol. The lowest BCUT2D eigenvalue weighted by molar-refractivity contribution is -0.135. The molecule has 0 saturated carbocycles. The first kappa shape index (κ1) is 27.2. The van der Waals surface area contributed by atoms with E-state index in [4.69, 9.17) is 11.5 Å². The number of nitrogens with two attached hydrogens (primary N) is 2. The van der Waals surface area contributed by atoms with E-state index in [0.29, 0.717) is 18.8 Å². The van der Waals surface area contributed by atoms with Crippen molar-refractivity contribution >= 4 is 23.6 Å². The van der Waals surface area contributed by atoms with Crippen LogP contribution in [-0.4, -0.2) is 48.3 Å². The Morgan fingerprint density at radius 1 is 0.967 bits per heavy atom. The molecule has 0 aliphatic heterocycles. The number of amides is 4. The molecule has 0 aromatic carbocycles. The molecule has 0 bridgehead atoms. The van der Waals surface area contributed by atoms with Crippen molar-refractivity contribution in [2.45, 2.75) is 72.5 Å². The summed E-state index contributed by atoms with van der Waals surface area (Å²) >= 11 is 0. The summed E-state index contributed by atoms with van der Waals surface area (Å²) in [6.45, 7) is 14.2. The molecule has 0 aromatic rings. The van der Waals surface area contributed by atoms with E-state index in [0.717, 1.165) is 0 Å². The molecule has 0 saturated heterocycles. The van der Waals surface area contributed by atoms with E-state index < -0.39 is 41.3 Å². The van der Waals surface area contributed by atoms with Crippen molar-refractivity contribution < 1.29 is 19.2 Å². The molecule has 0 aliphatic rings. The Hall–Kier alpha value is -2.78. The number of carbonyl (C=O) groups excluding carboxylic acids is 4. The molecule has 3 atom stereocenters. The van der Waals surface area contributed by atoms with Crippen LogP contribution in [0.5, 0.6) is 0 Å². The Labute approximate surface area is 179 Å². The van der Waals surface area contributed by atoms with Gasteiger partial charge in [-0.25, -0.2) is 0 Å². The second-order valence-electron chi connectivity index (χ2n) is 8.79. The fourth-order valence-electron chi connectivity index (χ4n) is 2.78. The van der Waals surface area contributed by atoms with E-state index in [1.54, 1.807) is 34.6 Å². The second kappa shape index (κ2) is 12.0. The van der Waals surface area contributed by atoms with E-state index in [1.165, 1.54) is 6.92 Å². The minimum Gasteiger partial charge on any atom is -0.386 e. The van der Waals surface area contributed by atoms with Crippen molar-refractivity contribution in [1.82, 2.24) is 21.3 Å². The number of carbonyl (C=O) groups is 4. The fourth-order valence-corrected chi connectivity index (χ4v) is 2.78. The molecular weight excluding hydrogens is 388 g/mol. The maximum Gasteiger partial charge on any atom is 0.243 e. The molecule has 0 spiro atoms. The smallest absolute Gasteiger partial charge is 0.243 e. The van der Waals surface area contributed by atoms with Gasteiger partial charge in [0.1, 0.15) is 18.1 Å². The molecule has 0 fully saturated rings. The average molecular weight is 427 g/mol. The van der Waals surface area contributed by atoms with Gasteiger partial charge in [-0.3, -0.25) is 19.2 Å². The number of rotatable bonds is 12. The third-order valence-electron chi connectivity index (χ3n) is 4.40. The minimum atomic E-state index is -0.926. The molecule has 0 rings (SSSR count). The minimum absolute atomic E-state index is 0.216. The van der Waals surface area contributed by atoms with Gasteiger partial charge in [-0.05, 0) is 24.2 Å². The topological polar surface area (TPSA) is 168 Å².